The number of carbonyl (C=O) groups is 1. The molecule has 2 aromatic rings. The minimum absolute atomic E-state index is 0.105. The molecule has 2 aliphatic rings. The Hall–Kier alpha value is -2.02. The van der Waals surface area contributed by atoms with Gasteiger partial charge in [0.1, 0.15) is 0 Å². The Morgan fingerprint density at radius 3 is 2.09 bits per heavy atom. The summed E-state index contributed by atoms with van der Waals surface area (Å²) in [5.74, 6) is -0.696. The highest BCUT2D eigenvalue weighted by Gasteiger charge is 2.33. The summed E-state index contributed by atoms with van der Waals surface area (Å²) in [6.07, 6.45) is 1.17. The van der Waals surface area contributed by atoms with Gasteiger partial charge in [-0.25, -0.2) is 16.8 Å². The number of morpholine rings is 1. The van der Waals surface area contributed by atoms with Crippen molar-refractivity contribution in [2.75, 3.05) is 39.4 Å². The van der Waals surface area contributed by atoms with E-state index in [0.717, 1.165) is 5.56 Å². The van der Waals surface area contributed by atoms with Crippen LogP contribution >= 0.6 is 11.6 Å². The van der Waals surface area contributed by atoms with Crippen LogP contribution in [0.3, 0.4) is 0 Å². The molecule has 0 spiro atoms. The molecule has 35 heavy (non-hydrogen) atoms. The van der Waals surface area contributed by atoms with Crippen LogP contribution in [0.15, 0.2) is 58.3 Å². The molecule has 0 aliphatic carbocycles. The fraction of sp³-hybridized carbons (Fsp3) is 0.435. The van der Waals surface area contributed by atoms with Gasteiger partial charge in [0.05, 0.1) is 28.9 Å². The van der Waals surface area contributed by atoms with Crippen LogP contribution in [0.2, 0.25) is 5.02 Å². The molecule has 2 aliphatic heterocycles. The number of hydrogen-bond donors (Lipinski definition) is 1. The van der Waals surface area contributed by atoms with Crippen molar-refractivity contribution in [3.05, 3.63) is 59.1 Å². The summed E-state index contributed by atoms with van der Waals surface area (Å²) in [6, 6.07) is 12.4. The number of piperidine rings is 1. The number of nitrogens with zero attached hydrogens (tertiary/aromatic N) is 2. The van der Waals surface area contributed by atoms with E-state index < -0.39 is 26.0 Å². The van der Waals surface area contributed by atoms with E-state index in [2.05, 4.69) is 5.32 Å². The summed E-state index contributed by atoms with van der Waals surface area (Å²) in [4.78, 5) is 13.1. The van der Waals surface area contributed by atoms with Gasteiger partial charge in [-0.05, 0) is 54.8 Å². The fourth-order valence-corrected chi connectivity index (χ4v) is 7.24. The van der Waals surface area contributed by atoms with Gasteiger partial charge in [0.2, 0.25) is 26.0 Å². The van der Waals surface area contributed by atoms with Gasteiger partial charge in [0.25, 0.3) is 0 Å². The summed E-state index contributed by atoms with van der Waals surface area (Å²) in [7, 11) is -7.29. The Labute approximate surface area is 211 Å². The number of halogens is 1. The molecule has 0 unspecified atom stereocenters. The lowest BCUT2D eigenvalue weighted by Gasteiger charge is -2.31. The molecular weight excluding hydrogens is 514 g/mol. The van der Waals surface area contributed by atoms with Gasteiger partial charge in [0, 0.05) is 37.7 Å². The number of hydrogen-bond acceptors (Lipinski definition) is 6. The molecule has 9 nitrogen and oxygen atoms in total. The molecule has 2 aromatic carbocycles. The van der Waals surface area contributed by atoms with Gasteiger partial charge < -0.3 is 10.1 Å². The van der Waals surface area contributed by atoms with Crippen LogP contribution in [0.25, 0.3) is 0 Å². The zero-order valence-corrected chi connectivity index (χ0v) is 21.5. The maximum absolute atomic E-state index is 13.0. The van der Waals surface area contributed by atoms with Crippen LogP contribution in [-0.2, 0) is 36.1 Å². The molecule has 0 bridgehead atoms. The molecular formula is C23H28ClN3O6S2. The highest BCUT2D eigenvalue weighted by atomic mass is 35.5. The minimum Gasteiger partial charge on any atom is -0.379 e. The van der Waals surface area contributed by atoms with E-state index in [1.165, 1.54) is 45.0 Å². The van der Waals surface area contributed by atoms with Crippen molar-refractivity contribution in [2.24, 2.45) is 5.92 Å². The second-order valence-corrected chi connectivity index (χ2v) is 12.8. The first kappa shape index (κ1) is 26.1. The van der Waals surface area contributed by atoms with Crippen molar-refractivity contribution in [1.82, 2.24) is 13.9 Å². The average Bonchev–Trinajstić information content (AvgIpc) is 2.88. The molecule has 12 heteroatoms. The van der Waals surface area contributed by atoms with E-state index in [4.69, 9.17) is 16.3 Å². The molecule has 190 valence electrons. The molecule has 1 amide bonds. The molecule has 1 atom stereocenters. The highest BCUT2D eigenvalue weighted by Crippen LogP contribution is 2.25. The van der Waals surface area contributed by atoms with Gasteiger partial charge in [-0.1, -0.05) is 23.7 Å². The molecule has 2 heterocycles. The number of nitrogens with one attached hydrogen (secondary N) is 1. The summed E-state index contributed by atoms with van der Waals surface area (Å²) in [5.41, 5.74) is 0.751. The third-order valence-electron chi connectivity index (χ3n) is 6.20. The zero-order valence-electron chi connectivity index (χ0n) is 19.1. The third-order valence-corrected chi connectivity index (χ3v) is 10.2. The molecule has 2 saturated heterocycles. The predicted octanol–water partition coefficient (Wildman–Crippen LogP) is 2.08. The fourth-order valence-electron chi connectivity index (χ4n) is 4.18. The smallest absolute Gasteiger partial charge is 0.243 e. The largest absolute Gasteiger partial charge is 0.379 e. The topological polar surface area (TPSA) is 113 Å². The van der Waals surface area contributed by atoms with Crippen molar-refractivity contribution in [3.8, 4) is 0 Å². The summed E-state index contributed by atoms with van der Waals surface area (Å²) >= 11 is 5.87. The first-order chi connectivity index (χ1) is 16.7. The van der Waals surface area contributed by atoms with E-state index in [-0.39, 0.29) is 28.8 Å². The number of carbonyl (C=O) groups excluding carboxylic acids is 1. The number of rotatable bonds is 7. The van der Waals surface area contributed by atoms with E-state index in [0.29, 0.717) is 50.7 Å². The first-order valence-electron chi connectivity index (χ1n) is 11.4. The number of sulfonamides is 2. The highest BCUT2D eigenvalue weighted by molar-refractivity contribution is 7.89. The van der Waals surface area contributed by atoms with Crippen LogP contribution in [0, 0.1) is 5.92 Å². The Morgan fingerprint density at radius 2 is 1.46 bits per heavy atom. The van der Waals surface area contributed by atoms with Crippen LogP contribution in [0.1, 0.15) is 18.4 Å². The van der Waals surface area contributed by atoms with E-state index >= 15 is 0 Å². The molecule has 0 aromatic heterocycles. The van der Waals surface area contributed by atoms with Crippen LogP contribution in [0.4, 0.5) is 0 Å². The first-order valence-corrected chi connectivity index (χ1v) is 14.6. The SMILES string of the molecule is O=C(NCc1ccc(S(=O)(=O)N2CCOCC2)cc1)[C@H]1CCCN(S(=O)(=O)c2ccc(Cl)cc2)C1. The minimum atomic E-state index is -3.71. The lowest BCUT2D eigenvalue weighted by molar-refractivity contribution is -0.126. The maximum Gasteiger partial charge on any atom is 0.243 e. The van der Waals surface area contributed by atoms with Crippen molar-refractivity contribution in [2.45, 2.75) is 29.2 Å². The lowest BCUT2D eigenvalue weighted by Crippen LogP contribution is -2.45. The zero-order chi connectivity index (χ0) is 25.1. The van der Waals surface area contributed by atoms with Crippen LogP contribution in [0.5, 0.6) is 0 Å². The quantitative estimate of drug-likeness (QED) is 0.574. The van der Waals surface area contributed by atoms with Crippen molar-refractivity contribution in [3.63, 3.8) is 0 Å². The summed E-state index contributed by atoms with van der Waals surface area (Å²) in [6.45, 7) is 2.09. The Balaban J connectivity index is 1.34. The van der Waals surface area contributed by atoms with Gasteiger partial charge in [-0.2, -0.15) is 8.61 Å². The monoisotopic (exact) mass is 541 g/mol. The Kier molecular flexibility index (Phi) is 8.14. The van der Waals surface area contributed by atoms with Crippen LogP contribution < -0.4 is 5.32 Å². The molecule has 0 saturated carbocycles. The van der Waals surface area contributed by atoms with Gasteiger partial charge in [-0.3, -0.25) is 4.79 Å². The second-order valence-electron chi connectivity index (χ2n) is 8.53. The third kappa shape index (κ3) is 6.04. The number of amides is 1. The standard InChI is InChI=1S/C23H28ClN3O6S2/c24-20-5-9-22(10-6-20)35(31,32)27-11-1-2-19(17-27)23(28)25-16-18-3-7-21(8-4-18)34(29,30)26-12-14-33-15-13-26/h3-10,19H,1-2,11-17H2,(H,25,28)/t19-/m0/s1. The average molecular weight is 542 g/mol. The number of ether oxygens (including phenoxy) is 1. The Bertz CT molecular complexity index is 1250. The molecule has 4 rings (SSSR count). The van der Waals surface area contributed by atoms with E-state index in [1.54, 1.807) is 12.1 Å². The number of benzene rings is 2. The van der Waals surface area contributed by atoms with Gasteiger partial charge >= 0.3 is 0 Å². The summed E-state index contributed by atoms with van der Waals surface area (Å²) < 4.78 is 59.4. The van der Waals surface area contributed by atoms with Crippen molar-refractivity contribution in [1.29, 1.82) is 0 Å². The van der Waals surface area contributed by atoms with E-state index in [1.807, 2.05) is 0 Å². The van der Waals surface area contributed by atoms with Crippen LogP contribution in [-0.4, -0.2) is 70.7 Å². The van der Waals surface area contributed by atoms with Gasteiger partial charge in [0.15, 0.2) is 0 Å². The van der Waals surface area contributed by atoms with Crippen molar-refractivity contribution < 1.29 is 26.4 Å². The van der Waals surface area contributed by atoms with E-state index in [9.17, 15) is 21.6 Å². The normalized spacial score (nSPS) is 20.4. The molecule has 0 radical (unpaired) electrons. The Morgan fingerprint density at radius 1 is 0.886 bits per heavy atom. The summed E-state index contributed by atoms with van der Waals surface area (Å²) in [5, 5.41) is 3.31. The predicted molar refractivity (Wildman–Crippen MR) is 131 cm³/mol. The van der Waals surface area contributed by atoms with Gasteiger partial charge in [-0.15, -0.1) is 0 Å². The molecule has 2 fully saturated rings. The van der Waals surface area contributed by atoms with Crippen molar-refractivity contribution >= 4 is 37.6 Å². The maximum atomic E-state index is 13.0. The lowest BCUT2D eigenvalue weighted by atomic mass is 9.99. The molecule has 1 N–H and O–H groups in total. The second kappa shape index (κ2) is 10.9.